The lowest BCUT2D eigenvalue weighted by Gasteiger charge is -2.25. The minimum Gasteiger partial charge on any atom is -0.300 e. The van der Waals surface area contributed by atoms with E-state index in [2.05, 4.69) is 18.3 Å². The molecule has 0 saturated carbocycles. The van der Waals surface area contributed by atoms with E-state index in [-0.39, 0.29) is 0 Å². The summed E-state index contributed by atoms with van der Waals surface area (Å²) in [6.07, 6.45) is 0.810. The van der Waals surface area contributed by atoms with E-state index < -0.39 is 5.54 Å². The Kier molecular flexibility index (Phi) is 6.01. The van der Waals surface area contributed by atoms with Gasteiger partial charge in [-0.1, -0.05) is 25.4 Å². The number of hydrogen-bond acceptors (Lipinski definition) is 3. The van der Waals surface area contributed by atoms with Crippen molar-refractivity contribution in [2.24, 2.45) is 0 Å². The average Bonchev–Trinajstić information content (AvgIpc) is 2.32. The monoisotopic (exact) mass is 282 g/mol. The van der Waals surface area contributed by atoms with Crippen LogP contribution in [0.1, 0.15) is 27.2 Å². The SMILES string of the molecule is CCNC(C)(C#N)CC(C)Sc1ccc(Cl)cc1. The number of benzene rings is 1. The second-order valence-electron chi connectivity index (χ2n) is 4.56. The molecule has 4 heteroatoms. The molecule has 1 aromatic carbocycles. The van der Waals surface area contributed by atoms with Crippen molar-refractivity contribution in [2.75, 3.05) is 6.54 Å². The van der Waals surface area contributed by atoms with Crippen LogP contribution in [0.15, 0.2) is 29.2 Å². The lowest BCUT2D eigenvalue weighted by Crippen LogP contribution is -2.42. The molecule has 18 heavy (non-hydrogen) atoms. The third kappa shape index (κ3) is 4.89. The van der Waals surface area contributed by atoms with E-state index in [0.717, 1.165) is 18.0 Å². The Hall–Kier alpha value is -0.690. The summed E-state index contributed by atoms with van der Waals surface area (Å²) in [6.45, 7) is 6.93. The average molecular weight is 283 g/mol. The highest BCUT2D eigenvalue weighted by atomic mass is 35.5. The molecule has 0 fully saturated rings. The van der Waals surface area contributed by atoms with Crippen LogP contribution in [0.3, 0.4) is 0 Å². The summed E-state index contributed by atoms with van der Waals surface area (Å²) in [6, 6.07) is 10.2. The number of nitriles is 1. The van der Waals surface area contributed by atoms with Crippen LogP contribution in [-0.2, 0) is 0 Å². The maximum atomic E-state index is 9.23. The highest BCUT2D eigenvalue weighted by Gasteiger charge is 2.25. The standard InChI is InChI=1S/C14H19ClN2S/c1-4-17-14(3,10-16)9-11(2)18-13-7-5-12(15)6-8-13/h5-8,11,17H,4,9H2,1-3H3. The fourth-order valence-corrected chi connectivity index (χ4v) is 3.21. The van der Waals surface area contributed by atoms with Crippen molar-refractivity contribution in [3.63, 3.8) is 0 Å². The van der Waals surface area contributed by atoms with Gasteiger partial charge < -0.3 is 0 Å². The lowest BCUT2D eigenvalue weighted by atomic mass is 9.98. The van der Waals surface area contributed by atoms with Crippen molar-refractivity contribution < 1.29 is 0 Å². The summed E-state index contributed by atoms with van der Waals surface area (Å²) in [4.78, 5) is 1.18. The third-order valence-corrected chi connectivity index (χ3v) is 4.03. The first kappa shape index (κ1) is 15.4. The molecule has 0 amide bonds. The smallest absolute Gasteiger partial charge is 0.104 e. The van der Waals surface area contributed by atoms with Crippen molar-refractivity contribution in [2.45, 2.75) is 42.9 Å². The van der Waals surface area contributed by atoms with Crippen molar-refractivity contribution in [3.8, 4) is 6.07 Å². The van der Waals surface area contributed by atoms with Gasteiger partial charge in [-0.25, -0.2) is 0 Å². The molecule has 0 aromatic heterocycles. The minimum atomic E-state index is -0.451. The van der Waals surface area contributed by atoms with Gasteiger partial charge in [-0.3, -0.25) is 5.32 Å². The highest BCUT2D eigenvalue weighted by Crippen LogP contribution is 2.29. The van der Waals surface area contributed by atoms with Crippen molar-refractivity contribution in [1.82, 2.24) is 5.32 Å². The zero-order chi connectivity index (χ0) is 13.6. The summed E-state index contributed by atoms with van der Waals surface area (Å²) >= 11 is 7.63. The zero-order valence-corrected chi connectivity index (χ0v) is 12.6. The van der Waals surface area contributed by atoms with Gasteiger partial charge in [-0.2, -0.15) is 5.26 Å². The van der Waals surface area contributed by atoms with E-state index in [0.29, 0.717) is 5.25 Å². The molecule has 98 valence electrons. The van der Waals surface area contributed by atoms with Crippen LogP contribution in [0.2, 0.25) is 5.02 Å². The quantitative estimate of drug-likeness (QED) is 0.798. The summed E-state index contributed by atoms with van der Waals surface area (Å²) in [7, 11) is 0. The number of hydrogen-bond donors (Lipinski definition) is 1. The Morgan fingerprint density at radius 1 is 1.44 bits per heavy atom. The fraction of sp³-hybridized carbons (Fsp3) is 0.500. The largest absolute Gasteiger partial charge is 0.300 e. The molecule has 1 rings (SSSR count). The highest BCUT2D eigenvalue weighted by molar-refractivity contribution is 7.99. The van der Waals surface area contributed by atoms with Gasteiger partial charge in [0, 0.05) is 15.2 Å². The number of thioether (sulfide) groups is 1. The first-order valence-electron chi connectivity index (χ1n) is 6.07. The first-order valence-corrected chi connectivity index (χ1v) is 7.33. The molecule has 0 aliphatic carbocycles. The Balaban J connectivity index is 2.58. The predicted octanol–water partition coefficient (Wildman–Crippen LogP) is 4.10. The van der Waals surface area contributed by atoms with Crippen LogP contribution in [0.25, 0.3) is 0 Å². The normalized spacial score (nSPS) is 15.7. The van der Waals surface area contributed by atoms with Gasteiger partial charge >= 0.3 is 0 Å². The number of rotatable bonds is 6. The molecule has 0 heterocycles. The van der Waals surface area contributed by atoms with E-state index in [9.17, 15) is 5.26 Å². The van der Waals surface area contributed by atoms with Gasteiger partial charge in [-0.05, 0) is 44.2 Å². The van der Waals surface area contributed by atoms with Crippen LogP contribution < -0.4 is 5.32 Å². The molecule has 0 bridgehead atoms. The lowest BCUT2D eigenvalue weighted by molar-refractivity contribution is 0.429. The molecule has 0 spiro atoms. The summed E-state index contributed by atoms with van der Waals surface area (Å²) in [5.41, 5.74) is -0.451. The summed E-state index contributed by atoms with van der Waals surface area (Å²) in [5, 5.41) is 13.6. The molecule has 0 saturated heterocycles. The number of nitrogens with one attached hydrogen (secondary N) is 1. The molecule has 2 nitrogen and oxygen atoms in total. The van der Waals surface area contributed by atoms with E-state index in [1.807, 2.05) is 38.1 Å². The van der Waals surface area contributed by atoms with Gasteiger partial charge in [0.05, 0.1) is 6.07 Å². The van der Waals surface area contributed by atoms with Crippen LogP contribution in [0.4, 0.5) is 0 Å². The summed E-state index contributed by atoms with van der Waals surface area (Å²) < 4.78 is 0. The van der Waals surface area contributed by atoms with Gasteiger partial charge in [0.1, 0.15) is 5.54 Å². The van der Waals surface area contributed by atoms with Crippen LogP contribution in [-0.4, -0.2) is 17.3 Å². The Morgan fingerprint density at radius 2 is 2.06 bits per heavy atom. The topological polar surface area (TPSA) is 35.8 Å². The second-order valence-corrected chi connectivity index (χ2v) is 6.51. The van der Waals surface area contributed by atoms with E-state index >= 15 is 0 Å². The molecule has 1 aromatic rings. The van der Waals surface area contributed by atoms with Crippen LogP contribution >= 0.6 is 23.4 Å². The van der Waals surface area contributed by atoms with Gasteiger partial charge in [-0.15, -0.1) is 11.8 Å². The molecule has 2 atom stereocenters. The van der Waals surface area contributed by atoms with Crippen LogP contribution in [0, 0.1) is 11.3 Å². The van der Waals surface area contributed by atoms with Crippen molar-refractivity contribution in [3.05, 3.63) is 29.3 Å². The Morgan fingerprint density at radius 3 is 2.56 bits per heavy atom. The molecule has 0 aliphatic rings. The van der Waals surface area contributed by atoms with E-state index in [1.54, 1.807) is 11.8 Å². The molecule has 2 unspecified atom stereocenters. The second kappa shape index (κ2) is 7.04. The minimum absolute atomic E-state index is 0.370. The molecule has 0 aliphatic heterocycles. The van der Waals surface area contributed by atoms with Gasteiger partial charge in [0.15, 0.2) is 0 Å². The van der Waals surface area contributed by atoms with Crippen LogP contribution in [0.5, 0.6) is 0 Å². The molecular formula is C14H19ClN2S. The molecular weight excluding hydrogens is 264 g/mol. The fourth-order valence-electron chi connectivity index (χ4n) is 1.91. The van der Waals surface area contributed by atoms with Crippen molar-refractivity contribution >= 4 is 23.4 Å². The third-order valence-electron chi connectivity index (χ3n) is 2.66. The summed E-state index contributed by atoms with van der Waals surface area (Å²) in [5.74, 6) is 0. The predicted molar refractivity (Wildman–Crippen MR) is 79.1 cm³/mol. The molecule has 0 radical (unpaired) electrons. The van der Waals surface area contributed by atoms with E-state index in [1.165, 1.54) is 4.90 Å². The van der Waals surface area contributed by atoms with E-state index in [4.69, 9.17) is 11.6 Å². The van der Waals surface area contributed by atoms with Gasteiger partial charge in [0.2, 0.25) is 0 Å². The molecule has 1 N–H and O–H groups in total. The Labute approximate surface area is 119 Å². The number of halogens is 1. The van der Waals surface area contributed by atoms with Crippen molar-refractivity contribution in [1.29, 1.82) is 5.26 Å². The Bertz CT molecular complexity index is 413. The maximum absolute atomic E-state index is 9.23. The van der Waals surface area contributed by atoms with Gasteiger partial charge in [0.25, 0.3) is 0 Å². The number of nitrogens with zero attached hydrogens (tertiary/aromatic N) is 1. The maximum Gasteiger partial charge on any atom is 0.104 e. The zero-order valence-electron chi connectivity index (χ0n) is 11.0. The first-order chi connectivity index (χ1) is 8.49.